The van der Waals surface area contributed by atoms with Crippen molar-refractivity contribution in [1.82, 2.24) is 10.2 Å². The Morgan fingerprint density at radius 1 is 1.46 bits per heavy atom. The number of allylic oxidation sites excluding steroid dienone is 1. The number of morpholine rings is 1. The van der Waals surface area contributed by atoms with Crippen molar-refractivity contribution in [2.24, 2.45) is 0 Å². The van der Waals surface area contributed by atoms with Crippen molar-refractivity contribution in [2.45, 2.75) is 23.2 Å². The van der Waals surface area contributed by atoms with Crippen LogP contribution in [0.5, 0.6) is 0 Å². The minimum atomic E-state index is -1.12. The Labute approximate surface area is 176 Å². The van der Waals surface area contributed by atoms with Crippen LogP contribution in [0.15, 0.2) is 23.4 Å². The van der Waals surface area contributed by atoms with E-state index in [0.717, 1.165) is 37.3 Å². The van der Waals surface area contributed by atoms with E-state index >= 15 is 0 Å². The Kier molecular flexibility index (Phi) is 6.53. The highest BCUT2D eigenvalue weighted by Crippen LogP contribution is 2.40. The molecule has 3 heterocycles. The standard InChI is InChI=1S/C18H24BrN3O5S/c1-11(19)15(23)20-13-16(24)21-14(18(25)26)12(10-28-17(13)21)4-3-5-22(2)6-8-27-9-7-22/h3-4,11,13,17H,5-10H2,1-2H3,(H-,20,23,25,26)/p+1/t11-,13?,17?/m1/s1. The highest BCUT2D eigenvalue weighted by Gasteiger charge is 2.54. The number of carbonyl (C=O) groups excluding carboxylic acids is 2. The van der Waals surface area contributed by atoms with Crippen LogP contribution in [0.1, 0.15) is 6.92 Å². The van der Waals surface area contributed by atoms with Crippen molar-refractivity contribution in [1.29, 1.82) is 0 Å². The van der Waals surface area contributed by atoms with Crippen LogP contribution in [0.4, 0.5) is 0 Å². The molecule has 8 nitrogen and oxygen atoms in total. The number of amides is 2. The zero-order chi connectivity index (χ0) is 20.5. The summed E-state index contributed by atoms with van der Waals surface area (Å²) in [5.41, 5.74) is 0.646. The van der Waals surface area contributed by atoms with Crippen molar-refractivity contribution in [2.75, 3.05) is 45.6 Å². The van der Waals surface area contributed by atoms with E-state index in [1.807, 2.05) is 12.2 Å². The van der Waals surface area contributed by atoms with E-state index in [1.54, 1.807) is 6.92 Å². The van der Waals surface area contributed by atoms with Crippen molar-refractivity contribution in [3.8, 4) is 0 Å². The number of likely N-dealkylation sites (N-methyl/N-ethyl adjacent to an activating group) is 1. The van der Waals surface area contributed by atoms with Gasteiger partial charge in [0.25, 0.3) is 5.91 Å². The third kappa shape index (κ3) is 4.29. The first-order valence-corrected chi connectivity index (χ1v) is 11.1. The normalized spacial score (nSPS) is 28.0. The highest BCUT2D eigenvalue weighted by atomic mass is 79.9. The molecule has 2 saturated heterocycles. The highest BCUT2D eigenvalue weighted by molar-refractivity contribution is 9.10. The first-order valence-electron chi connectivity index (χ1n) is 9.17. The molecular formula is C18H25BrN3O5S+. The summed E-state index contributed by atoms with van der Waals surface area (Å²) in [6.07, 6.45) is 3.81. The number of ether oxygens (including phenoxy) is 1. The molecule has 0 spiro atoms. The predicted molar refractivity (Wildman–Crippen MR) is 109 cm³/mol. The zero-order valence-corrected chi connectivity index (χ0v) is 18.3. The number of thioether (sulfide) groups is 1. The summed E-state index contributed by atoms with van der Waals surface area (Å²) in [5.74, 6) is -1.30. The average molecular weight is 475 g/mol. The molecule has 3 aliphatic rings. The summed E-state index contributed by atoms with van der Waals surface area (Å²) in [6.45, 7) is 5.76. The maximum Gasteiger partial charge on any atom is 0.352 e. The number of halogens is 1. The summed E-state index contributed by atoms with van der Waals surface area (Å²) in [7, 11) is 2.15. The molecule has 0 aliphatic carbocycles. The molecule has 0 aromatic rings. The molecule has 0 aromatic heterocycles. The third-order valence-electron chi connectivity index (χ3n) is 5.28. The number of carboxylic acid groups (broad SMARTS) is 1. The van der Waals surface area contributed by atoms with Crippen LogP contribution in [0, 0.1) is 0 Å². The molecule has 28 heavy (non-hydrogen) atoms. The van der Waals surface area contributed by atoms with Gasteiger partial charge in [0.05, 0.1) is 31.6 Å². The Morgan fingerprint density at radius 2 is 2.14 bits per heavy atom. The number of nitrogens with one attached hydrogen (secondary N) is 1. The largest absolute Gasteiger partial charge is 0.477 e. The fraction of sp³-hybridized carbons (Fsp3) is 0.611. The minimum Gasteiger partial charge on any atom is -0.477 e. The smallest absolute Gasteiger partial charge is 0.352 e. The van der Waals surface area contributed by atoms with Crippen LogP contribution >= 0.6 is 27.7 Å². The topological polar surface area (TPSA) is 95.9 Å². The molecule has 2 unspecified atom stereocenters. The third-order valence-corrected chi connectivity index (χ3v) is 6.99. The van der Waals surface area contributed by atoms with Gasteiger partial charge >= 0.3 is 5.97 Å². The lowest BCUT2D eigenvalue weighted by atomic mass is 10.0. The molecule has 3 aliphatic heterocycles. The number of rotatable bonds is 6. The number of alkyl halides is 1. The lowest BCUT2D eigenvalue weighted by Crippen LogP contribution is -2.70. The van der Waals surface area contributed by atoms with Gasteiger partial charge in [0, 0.05) is 5.75 Å². The number of β-lactam (4-membered cyclic amide) rings is 1. The maximum absolute atomic E-state index is 12.5. The van der Waals surface area contributed by atoms with Gasteiger partial charge in [-0.3, -0.25) is 14.5 Å². The van der Waals surface area contributed by atoms with Gasteiger partial charge in [-0.1, -0.05) is 22.0 Å². The van der Waals surface area contributed by atoms with Gasteiger partial charge < -0.3 is 19.6 Å². The number of nitrogens with zero attached hydrogens (tertiary/aromatic N) is 2. The van der Waals surface area contributed by atoms with Crippen LogP contribution in [-0.4, -0.2) is 94.2 Å². The predicted octanol–water partition coefficient (Wildman–Crippen LogP) is 0.541. The van der Waals surface area contributed by atoms with E-state index in [9.17, 15) is 19.5 Å². The van der Waals surface area contributed by atoms with Gasteiger partial charge in [-0.05, 0) is 18.6 Å². The number of carbonyl (C=O) groups is 3. The van der Waals surface area contributed by atoms with Crippen molar-refractivity contribution in [3.63, 3.8) is 0 Å². The molecule has 2 amide bonds. The second-order valence-corrected chi connectivity index (χ2v) is 9.93. The molecule has 3 atom stereocenters. The quantitative estimate of drug-likeness (QED) is 0.331. The van der Waals surface area contributed by atoms with Gasteiger partial charge in [0.2, 0.25) is 5.91 Å². The first-order chi connectivity index (χ1) is 13.2. The minimum absolute atomic E-state index is 0.0204. The Morgan fingerprint density at radius 3 is 2.75 bits per heavy atom. The molecule has 154 valence electrons. The molecule has 0 radical (unpaired) electrons. The van der Waals surface area contributed by atoms with Crippen LogP contribution in [-0.2, 0) is 19.1 Å². The summed E-state index contributed by atoms with van der Waals surface area (Å²) in [4.78, 5) is 37.1. The molecule has 0 bridgehead atoms. The second-order valence-electron chi connectivity index (χ2n) is 7.46. The summed E-state index contributed by atoms with van der Waals surface area (Å²) in [5, 5.41) is 12.0. The molecule has 0 aromatic carbocycles. The molecule has 3 rings (SSSR count). The summed E-state index contributed by atoms with van der Waals surface area (Å²) >= 11 is 4.64. The monoisotopic (exact) mass is 474 g/mol. The molecular weight excluding hydrogens is 450 g/mol. The van der Waals surface area contributed by atoms with Gasteiger partial charge in [-0.15, -0.1) is 11.8 Å². The van der Waals surface area contributed by atoms with Crippen molar-refractivity contribution >= 4 is 45.5 Å². The lowest BCUT2D eigenvalue weighted by molar-refractivity contribution is -0.911. The number of carboxylic acids is 1. The van der Waals surface area contributed by atoms with E-state index in [4.69, 9.17) is 4.74 Å². The zero-order valence-electron chi connectivity index (χ0n) is 15.9. The first kappa shape index (κ1) is 21.4. The van der Waals surface area contributed by atoms with Crippen molar-refractivity contribution in [3.05, 3.63) is 23.4 Å². The molecule has 2 N–H and O–H groups in total. The van der Waals surface area contributed by atoms with E-state index in [1.165, 1.54) is 16.7 Å². The van der Waals surface area contributed by atoms with Crippen LogP contribution < -0.4 is 5.32 Å². The molecule has 2 fully saturated rings. The average Bonchev–Trinajstić information content (AvgIpc) is 2.65. The molecule has 10 heteroatoms. The SMILES string of the molecule is C[C@@H](Br)C(=O)NC1C(=O)N2C(C(=O)O)=C(C=CC[N+]3(C)CCOCC3)CSC12. The number of hydrogen-bond donors (Lipinski definition) is 2. The number of quaternary nitrogens is 1. The van der Waals surface area contributed by atoms with Gasteiger partial charge in [-0.25, -0.2) is 4.79 Å². The Bertz CT molecular complexity index is 733. The lowest BCUT2D eigenvalue weighted by Gasteiger charge is -2.49. The van der Waals surface area contributed by atoms with Crippen molar-refractivity contribution < 1.29 is 28.7 Å². The summed E-state index contributed by atoms with van der Waals surface area (Å²) in [6, 6.07) is -0.685. The fourth-order valence-corrected chi connectivity index (χ4v) is 4.91. The van der Waals surface area contributed by atoms with Crippen LogP contribution in [0.2, 0.25) is 0 Å². The van der Waals surface area contributed by atoms with Gasteiger partial charge in [-0.2, -0.15) is 0 Å². The Hall–Kier alpha value is -1.36. The molecule has 0 saturated carbocycles. The number of fused-ring (bicyclic) bond motifs is 1. The van der Waals surface area contributed by atoms with E-state index in [2.05, 4.69) is 28.3 Å². The van der Waals surface area contributed by atoms with Gasteiger partial charge in [0.15, 0.2) is 0 Å². The maximum atomic E-state index is 12.5. The van der Waals surface area contributed by atoms with E-state index in [0.29, 0.717) is 11.3 Å². The van der Waals surface area contributed by atoms with Crippen LogP contribution in [0.25, 0.3) is 0 Å². The van der Waals surface area contributed by atoms with Crippen LogP contribution in [0.3, 0.4) is 0 Å². The summed E-state index contributed by atoms with van der Waals surface area (Å²) < 4.78 is 6.25. The van der Waals surface area contributed by atoms with E-state index in [-0.39, 0.29) is 22.9 Å². The number of aliphatic carboxylic acids is 1. The number of hydrogen-bond acceptors (Lipinski definition) is 5. The second kappa shape index (κ2) is 8.56. The van der Waals surface area contributed by atoms with E-state index < -0.39 is 16.8 Å². The Balaban J connectivity index is 1.72. The fourth-order valence-electron chi connectivity index (χ4n) is 3.45. The van der Waals surface area contributed by atoms with Gasteiger partial charge in [0.1, 0.15) is 30.2 Å².